The minimum atomic E-state index is -1.07. The lowest BCUT2D eigenvalue weighted by atomic mass is 10.1. The number of rotatable bonds is 5. The third-order valence-electron chi connectivity index (χ3n) is 3.24. The number of carboxylic acid groups (broad SMARTS) is 1. The fourth-order valence-corrected chi connectivity index (χ4v) is 2.71. The summed E-state index contributed by atoms with van der Waals surface area (Å²) >= 11 is 12.2. The van der Waals surface area contributed by atoms with Gasteiger partial charge in [-0.05, 0) is 18.2 Å². The van der Waals surface area contributed by atoms with Crippen LogP contribution in [-0.4, -0.2) is 27.5 Å². The van der Waals surface area contributed by atoms with Crippen LogP contribution in [0.25, 0.3) is 16.9 Å². The Labute approximate surface area is 148 Å². The number of carboxylic acids is 1. The Bertz CT molecular complexity index is 879. The zero-order valence-corrected chi connectivity index (χ0v) is 13.8. The van der Waals surface area contributed by atoms with Gasteiger partial charge in [0.15, 0.2) is 6.61 Å². The average molecular weight is 363 g/mol. The minimum Gasteiger partial charge on any atom is -0.479 e. The van der Waals surface area contributed by atoms with E-state index in [4.69, 9.17) is 33.0 Å². The Morgan fingerprint density at radius 1 is 1.12 bits per heavy atom. The van der Waals surface area contributed by atoms with Crippen molar-refractivity contribution in [3.05, 3.63) is 64.6 Å². The van der Waals surface area contributed by atoms with Gasteiger partial charge in [-0.1, -0.05) is 53.5 Å². The number of ether oxygens (including phenoxy) is 1. The van der Waals surface area contributed by atoms with Gasteiger partial charge in [-0.3, -0.25) is 0 Å². The van der Waals surface area contributed by atoms with Gasteiger partial charge >= 0.3 is 5.97 Å². The molecule has 1 aromatic heterocycles. The Morgan fingerprint density at radius 3 is 2.54 bits per heavy atom. The van der Waals surface area contributed by atoms with E-state index in [1.165, 1.54) is 0 Å². The number of aliphatic carboxylic acids is 1. The van der Waals surface area contributed by atoms with Gasteiger partial charge in [0.05, 0.1) is 16.4 Å². The summed E-state index contributed by atoms with van der Waals surface area (Å²) in [6.07, 6.45) is 0. The summed E-state index contributed by atoms with van der Waals surface area (Å²) < 4.78 is 6.80. The Balaban J connectivity index is 2.10. The van der Waals surface area contributed by atoms with Gasteiger partial charge < -0.3 is 9.84 Å². The van der Waals surface area contributed by atoms with Crippen molar-refractivity contribution in [3.63, 3.8) is 0 Å². The molecule has 24 heavy (non-hydrogen) atoms. The van der Waals surface area contributed by atoms with Crippen LogP contribution >= 0.6 is 23.2 Å². The number of halogens is 2. The lowest BCUT2D eigenvalue weighted by Crippen LogP contribution is -2.10. The zero-order valence-electron chi connectivity index (χ0n) is 12.3. The van der Waals surface area contributed by atoms with Gasteiger partial charge in [0.1, 0.15) is 0 Å². The van der Waals surface area contributed by atoms with Crippen molar-refractivity contribution in [3.8, 4) is 22.8 Å². The molecule has 0 spiro atoms. The molecule has 7 heteroatoms. The maximum Gasteiger partial charge on any atom is 0.341 e. The van der Waals surface area contributed by atoms with Crippen LogP contribution in [-0.2, 0) is 4.79 Å². The highest BCUT2D eigenvalue weighted by Gasteiger charge is 2.15. The van der Waals surface area contributed by atoms with Gasteiger partial charge in [0.2, 0.25) is 5.88 Å². The van der Waals surface area contributed by atoms with Crippen LogP contribution in [0, 0.1) is 0 Å². The molecule has 3 rings (SSSR count). The Kier molecular flexibility index (Phi) is 4.74. The molecule has 0 aliphatic rings. The number of benzene rings is 2. The number of hydrogen-bond acceptors (Lipinski definition) is 3. The molecule has 0 aliphatic heterocycles. The quantitative estimate of drug-likeness (QED) is 0.734. The SMILES string of the molecule is O=C(O)COc1cc(-c2ccccc2)n(-c2ccc(Cl)cc2Cl)n1. The Hall–Kier alpha value is -2.50. The number of carbonyl (C=O) groups is 1. The lowest BCUT2D eigenvalue weighted by molar-refractivity contribution is -0.139. The molecule has 0 radical (unpaired) electrons. The molecular weight excluding hydrogens is 351 g/mol. The molecule has 0 aliphatic carbocycles. The minimum absolute atomic E-state index is 0.197. The topological polar surface area (TPSA) is 64.3 Å². The fourth-order valence-electron chi connectivity index (χ4n) is 2.22. The third-order valence-corrected chi connectivity index (χ3v) is 3.78. The van der Waals surface area contributed by atoms with Crippen LogP contribution in [0.3, 0.4) is 0 Å². The number of hydrogen-bond donors (Lipinski definition) is 1. The Morgan fingerprint density at radius 2 is 1.88 bits per heavy atom. The molecule has 0 saturated carbocycles. The van der Waals surface area contributed by atoms with E-state index in [1.54, 1.807) is 28.9 Å². The van der Waals surface area contributed by atoms with Crippen LogP contribution < -0.4 is 4.74 Å². The van der Waals surface area contributed by atoms with E-state index in [1.807, 2.05) is 30.3 Å². The summed E-state index contributed by atoms with van der Waals surface area (Å²) in [5.41, 5.74) is 2.23. The molecule has 3 aromatic rings. The second kappa shape index (κ2) is 6.95. The van der Waals surface area contributed by atoms with Gasteiger partial charge in [-0.25, -0.2) is 9.48 Å². The van der Waals surface area contributed by atoms with Crippen LogP contribution in [0.2, 0.25) is 10.0 Å². The summed E-state index contributed by atoms with van der Waals surface area (Å²) in [6.45, 7) is -0.473. The highest BCUT2D eigenvalue weighted by molar-refractivity contribution is 6.35. The maximum absolute atomic E-state index is 10.7. The van der Waals surface area contributed by atoms with Crippen LogP contribution in [0.5, 0.6) is 5.88 Å². The zero-order chi connectivity index (χ0) is 17.1. The van der Waals surface area contributed by atoms with Gasteiger partial charge in [0, 0.05) is 16.7 Å². The second-order valence-electron chi connectivity index (χ2n) is 4.92. The van der Waals surface area contributed by atoms with E-state index < -0.39 is 12.6 Å². The first-order valence-corrected chi connectivity index (χ1v) is 7.75. The van der Waals surface area contributed by atoms with Gasteiger partial charge in [-0.15, -0.1) is 5.10 Å². The standard InChI is InChI=1S/C17H12Cl2N2O3/c18-12-6-7-14(13(19)8-12)21-15(11-4-2-1-3-5-11)9-16(20-21)24-10-17(22)23/h1-9H,10H2,(H,22,23). The summed E-state index contributed by atoms with van der Waals surface area (Å²) in [5.74, 6) is -0.877. The molecule has 1 N–H and O–H groups in total. The van der Waals surface area contributed by atoms with Crippen LogP contribution in [0.1, 0.15) is 0 Å². The average Bonchev–Trinajstić information content (AvgIpc) is 2.98. The van der Waals surface area contributed by atoms with Crippen molar-refractivity contribution < 1.29 is 14.6 Å². The van der Waals surface area contributed by atoms with Gasteiger partial charge in [0.25, 0.3) is 0 Å². The van der Waals surface area contributed by atoms with Crippen molar-refractivity contribution in [2.75, 3.05) is 6.61 Å². The lowest BCUT2D eigenvalue weighted by Gasteiger charge is -2.09. The van der Waals surface area contributed by atoms with E-state index in [9.17, 15) is 4.79 Å². The van der Waals surface area contributed by atoms with Crippen molar-refractivity contribution in [2.24, 2.45) is 0 Å². The molecule has 0 fully saturated rings. The van der Waals surface area contributed by atoms with E-state index >= 15 is 0 Å². The molecule has 0 saturated heterocycles. The summed E-state index contributed by atoms with van der Waals surface area (Å²) in [7, 11) is 0. The number of nitrogens with zero attached hydrogens (tertiary/aromatic N) is 2. The van der Waals surface area contributed by atoms with E-state index in [2.05, 4.69) is 5.10 Å². The largest absolute Gasteiger partial charge is 0.479 e. The normalized spacial score (nSPS) is 10.6. The maximum atomic E-state index is 10.7. The molecule has 2 aromatic carbocycles. The van der Waals surface area contributed by atoms with Crippen molar-refractivity contribution in [2.45, 2.75) is 0 Å². The summed E-state index contributed by atoms with van der Waals surface area (Å²) in [6, 6.07) is 16.3. The van der Waals surface area contributed by atoms with E-state index in [0.29, 0.717) is 15.7 Å². The van der Waals surface area contributed by atoms with Crippen molar-refractivity contribution >= 4 is 29.2 Å². The molecule has 0 amide bonds. The van der Waals surface area contributed by atoms with E-state index in [0.717, 1.165) is 11.3 Å². The first kappa shape index (κ1) is 16.4. The first-order chi connectivity index (χ1) is 11.5. The predicted octanol–water partition coefficient (Wildman–Crippen LogP) is 4.31. The molecule has 122 valence electrons. The first-order valence-electron chi connectivity index (χ1n) is 7.00. The van der Waals surface area contributed by atoms with Crippen LogP contribution in [0.15, 0.2) is 54.6 Å². The highest BCUT2D eigenvalue weighted by atomic mass is 35.5. The molecular formula is C17H12Cl2N2O3. The van der Waals surface area contributed by atoms with Crippen molar-refractivity contribution in [1.29, 1.82) is 0 Å². The number of aromatic nitrogens is 2. The highest BCUT2D eigenvalue weighted by Crippen LogP contribution is 2.31. The monoisotopic (exact) mass is 362 g/mol. The van der Waals surface area contributed by atoms with Crippen LogP contribution in [0.4, 0.5) is 0 Å². The van der Waals surface area contributed by atoms with E-state index in [-0.39, 0.29) is 5.88 Å². The van der Waals surface area contributed by atoms with Gasteiger partial charge in [-0.2, -0.15) is 0 Å². The molecule has 0 unspecified atom stereocenters. The third kappa shape index (κ3) is 3.53. The molecule has 1 heterocycles. The molecule has 5 nitrogen and oxygen atoms in total. The van der Waals surface area contributed by atoms with Crippen molar-refractivity contribution in [1.82, 2.24) is 9.78 Å². The predicted molar refractivity (Wildman–Crippen MR) is 92.2 cm³/mol. The fraction of sp³-hybridized carbons (Fsp3) is 0.0588. The smallest absolute Gasteiger partial charge is 0.341 e. The summed E-state index contributed by atoms with van der Waals surface area (Å²) in [4.78, 5) is 10.7. The second-order valence-corrected chi connectivity index (χ2v) is 5.77. The molecule has 0 bridgehead atoms. The molecule has 0 atom stereocenters. The summed E-state index contributed by atoms with van der Waals surface area (Å²) in [5, 5.41) is 14.0.